The van der Waals surface area contributed by atoms with Gasteiger partial charge in [0.25, 0.3) is 5.69 Å². The lowest BCUT2D eigenvalue weighted by molar-refractivity contribution is -0.384. The summed E-state index contributed by atoms with van der Waals surface area (Å²) < 4.78 is 42.8. The second-order valence-electron chi connectivity index (χ2n) is 6.90. The summed E-state index contributed by atoms with van der Waals surface area (Å²) in [5, 5.41) is 11.7. The van der Waals surface area contributed by atoms with E-state index in [1.807, 2.05) is 24.3 Å². The predicted octanol–water partition coefficient (Wildman–Crippen LogP) is 3.54. The normalized spacial score (nSPS) is 15.9. The van der Waals surface area contributed by atoms with Crippen LogP contribution in [0.4, 0.5) is 5.69 Å². The molecule has 0 aromatic heterocycles. The van der Waals surface area contributed by atoms with Gasteiger partial charge in [-0.3, -0.25) is 10.1 Å². The van der Waals surface area contributed by atoms with Gasteiger partial charge in [-0.1, -0.05) is 6.07 Å². The van der Waals surface area contributed by atoms with Crippen molar-refractivity contribution in [2.75, 3.05) is 20.8 Å². The van der Waals surface area contributed by atoms with Crippen molar-refractivity contribution < 1.29 is 27.6 Å². The summed E-state index contributed by atoms with van der Waals surface area (Å²) in [6.07, 6.45) is 0.251. The SMILES string of the molecule is COc1cc2ccc3c(c2cc1OC)CC(S(=O)(=O)c1ccc([N+](=O)[O-])cc1)CO3. The van der Waals surface area contributed by atoms with Crippen LogP contribution in [-0.4, -0.2) is 39.4 Å². The Morgan fingerprint density at radius 3 is 2.33 bits per heavy atom. The smallest absolute Gasteiger partial charge is 0.269 e. The molecule has 3 aromatic rings. The Morgan fingerprint density at radius 1 is 1.03 bits per heavy atom. The number of sulfone groups is 1. The topological polar surface area (TPSA) is 105 Å². The highest BCUT2D eigenvalue weighted by atomic mass is 32.2. The number of methoxy groups -OCH3 is 2. The van der Waals surface area contributed by atoms with E-state index in [2.05, 4.69) is 0 Å². The van der Waals surface area contributed by atoms with Crippen molar-refractivity contribution in [3.63, 3.8) is 0 Å². The molecule has 0 aliphatic carbocycles. The van der Waals surface area contributed by atoms with Crippen LogP contribution in [0.3, 0.4) is 0 Å². The summed E-state index contributed by atoms with van der Waals surface area (Å²) in [4.78, 5) is 10.3. The highest BCUT2D eigenvalue weighted by Crippen LogP contribution is 2.40. The van der Waals surface area contributed by atoms with E-state index < -0.39 is 20.0 Å². The van der Waals surface area contributed by atoms with E-state index >= 15 is 0 Å². The number of fused-ring (bicyclic) bond motifs is 3. The van der Waals surface area contributed by atoms with E-state index in [-0.39, 0.29) is 23.6 Å². The van der Waals surface area contributed by atoms with Crippen molar-refractivity contribution in [1.82, 2.24) is 0 Å². The molecule has 0 amide bonds. The Kier molecular flexibility index (Phi) is 4.98. The molecule has 0 radical (unpaired) electrons. The largest absolute Gasteiger partial charge is 0.493 e. The van der Waals surface area contributed by atoms with E-state index in [1.54, 1.807) is 7.11 Å². The maximum absolute atomic E-state index is 13.1. The van der Waals surface area contributed by atoms with Crippen LogP contribution in [0.15, 0.2) is 53.4 Å². The first-order chi connectivity index (χ1) is 14.3. The van der Waals surface area contributed by atoms with E-state index in [0.29, 0.717) is 17.2 Å². The Morgan fingerprint density at radius 2 is 1.70 bits per heavy atom. The standard InChI is InChI=1S/C21H19NO7S/c1-27-20-9-13-3-8-19-18(17(13)11-21(20)28-2)10-16(12-29-19)30(25,26)15-6-4-14(5-7-15)22(23)24/h3-9,11,16H,10,12H2,1-2H3. The van der Waals surface area contributed by atoms with Gasteiger partial charge in [0, 0.05) is 17.7 Å². The number of nitro benzene ring substituents is 1. The molecule has 1 atom stereocenters. The molecule has 156 valence electrons. The van der Waals surface area contributed by atoms with Gasteiger partial charge < -0.3 is 14.2 Å². The number of hydrogen-bond donors (Lipinski definition) is 0. The van der Waals surface area contributed by atoms with E-state index in [1.165, 1.54) is 31.4 Å². The molecule has 1 unspecified atom stereocenters. The third-order valence-electron chi connectivity index (χ3n) is 5.26. The summed E-state index contributed by atoms with van der Waals surface area (Å²) in [5.41, 5.74) is 0.612. The lowest BCUT2D eigenvalue weighted by atomic mass is 9.97. The van der Waals surface area contributed by atoms with Gasteiger partial charge in [0.2, 0.25) is 0 Å². The molecule has 0 saturated heterocycles. The van der Waals surface area contributed by atoms with Crippen LogP contribution in [0.25, 0.3) is 10.8 Å². The Hall–Kier alpha value is -3.33. The van der Waals surface area contributed by atoms with Gasteiger partial charge in [-0.15, -0.1) is 0 Å². The molecule has 0 spiro atoms. The average molecular weight is 429 g/mol. The van der Waals surface area contributed by atoms with Gasteiger partial charge in [0.15, 0.2) is 21.3 Å². The molecule has 9 heteroatoms. The van der Waals surface area contributed by atoms with Crippen molar-refractivity contribution in [1.29, 1.82) is 0 Å². The summed E-state index contributed by atoms with van der Waals surface area (Å²) >= 11 is 0. The summed E-state index contributed by atoms with van der Waals surface area (Å²) in [7, 11) is -0.655. The first-order valence-electron chi connectivity index (χ1n) is 9.14. The summed E-state index contributed by atoms with van der Waals surface area (Å²) in [6, 6.07) is 12.3. The van der Waals surface area contributed by atoms with Crippen molar-refractivity contribution in [3.05, 3.63) is 64.2 Å². The van der Waals surface area contributed by atoms with Gasteiger partial charge in [-0.25, -0.2) is 8.42 Å². The van der Waals surface area contributed by atoms with Crippen molar-refractivity contribution in [2.45, 2.75) is 16.6 Å². The van der Waals surface area contributed by atoms with Gasteiger partial charge in [0.1, 0.15) is 17.6 Å². The van der Waals surface area contributed by atoms with Gasteiger partial charge >= 0.3 is 0 Å². The first kappa shape index (κ1) is 20.0. The van der Waals surface area contributed by atoms with Gasteiger partial charge in [-0.2, -0.15) is 0 Å². The minimum Gasteiger partial charge on any atom is -0.493 e. The molecule has 0 saturated carbocycles. The maximum atomic E-state index is 13.1. The molecule has 0 bridgehead atoms. The lowest BCUT2D eigenvalue weighted by Gasteiger charge is -2.26. The monoisotopic (exact) mass is 429 g/mol. The zero-order chi connectivity index (χ0) is 21.5. The molecule has 30 heavy (non-hydrogen) atoms. The number of nitro groups is 1. The number of non-ortho nitro benzene ring substituents is 1. The molecule has 1 aliphatic heterocycles. The van der Waals surface area contributed by atoms with Crippen LogP contribution >= 0.6 is 0 Å². The fourth-order valence-corrected chi connectivity index (χ4v) is 5.19. The molecule has 0 fully saturated rings. The third-order valence-corrected chi connectivity index (χ3v) is 7.37. The molecule has 8 nitrogen and oxygen atoms in total. The minimum absolute atomic E-state index is 0.00508. The summed E-state index contributed by atoms with van der Waals surface area (Å²) in [5.74, 6) is 1.75. The summed E-state index contributed by atoms with van der Waals surface area (Å²) in [6.45, 7) is 0.00508. The zero-order valence-electron chi connectivity index (χ0n) is 16.3. The van der Waals surface area contributed by atoms with Crippen LogP contribution in [0.5, 0.6) is 17.2 Å². The molecule has 1 heterocycles. The van der Waals surface area contributed by atoms with Crippen molar-refractivity contribution >= 4 is 26.3 Å². The fraction of sp³-hybridized carbons (Fsp3) is 0.238. The van der Waals surface area contributed by atoms with Gasteiger partial charge in [0.05, 0.1) is 24.0 Å². The van der Waals surface area contributed by atoms with E-state index in [9.17, 15) is 18.5 Å². The van der Waals surface area contributed by atoms with Crippen LogP contribution in [0.1, 0.15) is 5.56 Å². The molecular formula is C21H19NO7S. The van der Waals surface area contributed by atoms with E-state index in [0.717, 1.165) is 16.3 Å². The highest BCUT2D eigenvalue weighted by molar-refractivity contribution is 7.92. The third kappa shape index (κ3) is 3.30. The quantitative estimate of drug-likeness (QED) is 0.451. The number of ether oxygens (including phenoxy) is 3. The number of rotatable bonds is 5. The Labute approximate surface area is 173 Å². The highest BCUT2D eigenvalue weighted by Gasteiger charge is 2.33. The van der Waals surface area contributed by atoms with Crippen molar-refractivity contribution in [3.8, 4) is 17.2 Å². The second-order valence-corrected chi connectivity index (χ2v) is 9.13. The molecule has 1 aliphatic rings. The molecule has 0 N–H and O–H groups in total. The fourth-order valence-electron chi connectivity index (χ4n) is 3.66. The number of hydrogen-bond acceptors (Lipinski definition) is 7. The number of benzene rings is 3. The average Bonchev–Trinajstić information content (AvgIpc) is 2.77. The zero-order valence-corrected chi connectivity index (χ0v) is 17.1. The maximum Gasteiger partial charge on any atom is 0.269 e. The second kappa shape index (κ2) is 7.49. The Bertz CT molecular complexity index is 1240. The molecule has 3 aromatic carbocycles. The minimum atomic E-state index is -3.75. The van der Waals surface area contributed by atoms with Gasteiger partial charge in [-0.05, 0) is 47.5 Å². The first-order valence-corrected chi connectivity index (χ1v) is 10.7. The van der Waals surface area contributed by atoms with E-state index in [4.69, 9.17) is 14.2 Å². The predicted molar refractivity (Wildman–Crippen MR) is 110 cm³/mol. The van der Waals surface area contributed by atoms with Crippen LogP contribution in [0.2, 0.25) is 0 Å². The van der Waals surface area contributed by atoms with Crippen LogP contribution in [0, 0.1) is 10.1 Å². The van der Waals surface area contributed by atoms with Crippen molar-refractivity contribution in [2.24, 2.45) is 0 Å². The Balaban J connectivity index is 1.74. The number of nitrogens with zero attached hydrogens (tertiary/aromatic N) is 1. The molecule has 4 rings (SSSR count). The van der Waals surface area contributed by atoms with Crippen LogP contribution in [-0.2, 0) is 16.3 Å². The lowest BCUT2D eigenvalue weighted by Crippen LogP contribution is -2.34. The van der Waals surface area contributed by atoms with Crippen LogP contribution < -0.4 is 14.2 Å². The molecular weight excluding hydrogens is 410 g/mol.